The van der Waals surface area contributed by atoms with E-state index in [4.69, 9.17) is 4.74 Å². The Balaban J connectivity index is 2.35. The summed E-state index contributed by atoms with van der Waals surface area (Å²) in [6.45, 7) is 7.02. The normalized spacial score (nSPS) is 11.6. The number of sulfonamides is 1. The molecular formula is C20H26N2O5S. The van der Waals surface area contributed by atoms with E-state index in [-0.39, 0.29) is 36.1 Å². The van der Waals surface area contributed by atoms with Crippen LogP contribution in [0.15, 0.2) is 35.2 Å². The number of carbonyl (C=O) groups excluding carboxylic acids is 2. The molecule has 1 heterocycles. The van der Waals surface area contributed by atoms with Crippen LogP contribution in [0.5, 0.6) is 0 Å². The maximum Gasteiger partial charge on any atom is 0.355 e. The number of Topliss-reactive ketones (excluding diaryl/α,β-unsaturated/α-hetero) is 1. The number of hydrogen-bond acceptors (Lipinski definition) is 5. The number of H-pyrrole nitrogens is 1. The number of nitrogens with one attached hydrogen (secondary N) is 1. The topological polar surface area (TPSA) is 96.5 Å². The minimum atomic E-state index is -3.80. The summed E-state index contributed by atoms with van der Waals surface area (Å²) in [6, 6.07) is 8.04. The van der Waals surface area contributed by atoms with Gasteiger partial charge in [0.1, 0.15) is 5.69 Å². The number of carbonyl (C=O) groups is 2. The highest BCUT2D eigenvalue weighted by molar-refractivity contribution is 7.89. The number of nitrogens with zero attached hydrogens (tertiary/aromatic N) is 1. The fourth-order valence-electron chi connectivity index (χ4n) is 3.09. The van der Waals surface area contributed by atoms with Crippen LogP contribution in [0.25, 0.3) is 0 Å². The molecule has 0 saturated heterocycles. The molecule has 2 rings (SSSR count). The Morgan fingerprint density at radius 1 is 1.11 bits per heavy atom. The van der Waals surface area contributed by atoms with Crippen LogP contribution in [-0.2, 0) is 14.8 Å². The molecular weight excluding hydrogens is 380 g/mol. The predicted octanol–water partition coefficient (Wildman–Crippen LogP) is 3.09. The lowest BCUT2D eigenvalue weighted by Crippen LogP contribution is -2.36. The average Bonchev–Trinajstić information content (AvgIpc) is 2.96. The van der Waals surface area contributed by atoms with Crippen LogP contribution < -0.4 is 0 Å². The maximum atomic E-state index is 13.0. The second kappa shape index (κ2) is 9.16. The van der Waals surface area contributed by atoms with E-state index >= 15 is 0 Å². The van der Waals surface area contributed by atoms with E-state index in [0.29, 0.717) is 23.2 Å². The van der Waals surface area contributed by atoms with Crippen molar-refractivity contribution in [1.29, 1.82) is 0 Å². The van der Waals surface area contributed by atoms with Gasteiger partial charge in [0.15, 0.2) is 5.78 Å². The highest BCUT2D eigenvalue weighted by Crippen LogP contribution is 2.22. The van der Waals surface area contributed by atoms with Crippen molar-refractivity contribution in [3.8, 4) is 0 Å². The van der Waals surface area contributed by atoms with Crippen LogP contribution in [0.2, 0.25) is 0 Å². The molecule has 1 N–H and O–H groups in total. The summed E-state index contributed by atoms with van der Waals surface area (Å²) in [7, 11) is -3.80. The smallest absolute Gasteiger partial charge is 0.355 e. The third-order valence-corrected chi connectivity index (χ3v) is 6.23. The summed E-state index contributed by atoms with van der Waals surface area (Å²) in [5.41, 5.74) is 1.52. The number of rotatable bonds is 9. The largest absolute Gasteiger partial charge is 0.461 e. The van der Waals surface area contributed by atoms with Gasteiger partial charge in [-0.05, 0) is 44.9 Å². The number of hydrogen-bond donors (Lipinski definition) is 1. The van der Waals surface area contributed by atoms with Crippen LogP contribution in [0.1, 0.15) is 52.4 Å². The van der Waals surface area contributed by atoms with Gasteiger partial charge in [0, 0.05) is 17.8 Å². The summed E-state index contributed by atoms with van der Waals surface area (Å²) in [6.07, 6.45) is 0.568. The van der Waals surface area contributed by atoms with Crippen molar-refractivity contribution in [2.75, 3.05) is 19.7 Å². The molecule has 2 aromatic rings. The first kappa shape index (κ1) is 21.8. The lowest BCUT2D eigenvalue weighted by Gasteiger charge is -2.21. The van der Waals surface area contributed by atoms with Gasteiger partial charge in [0.05, 0.1) is 18.0 Å². The molecule has 0 amide bonds. The number of ketones is 1. The van der Waals surface area contributed by atoms with E-state index in [1.54, 1.807) is 39.0 Å². The molecule has 0 fully saturated rings. The number of aromatic amines is 1. The maximum absolute atomic E-state index is 13.0. The van der Waals surface area contributed by atoms with E-state index in [0.717, 1.165) is 0 Å². The van der Waals surface area contributed by atoms with Crippen LogP contribution in [0.3, 0.4) is 0 Å². The van der Waals surface area contributed by atoms with E-state index in [9.17, 15) is 18.0 Å². The number of aromatic nitrogens is 1. The van der Waals surface area contributed by atoms with Crippen molar-refractivity contribution in [3.63, 3.8) is 0 Å². The monoisotopic (exact) mass is 406 g/mol. The van der Waals surface area contributed by atoms with Crippen molar-refractivity contribution >= 4 is 21.8 Å². The van der Waals surface area contributed by atoms with Gasteiger partial charge < -0.3 is 9.72 Å². The van der Waals surface area contributed by atoms with Crippen LogP contribution in [0.4, 0.5) is 0 Å². The summed E-state index contributed by atoms with van der Waals surface area (Å²) >= 11 is 0. The lowest BCUT2D eigenvalue weighted by molar-refractivity contribution is 0.0519. The summed E-state index contributed by atoms with van der Waals surface area (Å²) < 4.78 is 32.1. The lowest BCUT2D eigenvalue weighted by atomic mass is 10.1. The number of ether oxygens (including phenoxy) is 1. The molecule has 152 valence electrons. The standard InChI is InChI=1S/C20H26N2O5S/c1-5-12-22(28(25,26)16-10-8-7-9-11-16)13-17(23)18-14(3)19(21-15(18)4)20(24)27-6-2/h7-11,21H,5-6,12-13H2,1-4H3. The highest BCUT2D eigenvalue weighted by Gasteiger charge is 2.29. The van der Waals surface area contributed by atoms with Gasteiger partial charge in [-0.15, -0.1) is 0 Å². The van der Waals surface area contributed by atoms with Gasteiger partial charge in [-0.3, -0.25) is 4.79 Å². The predicted molar refractivity (Wildman–Crippen MR) is 106 cm³/mol. The van der Waals surface area contributed by atoms with E-state index in [2.05, 4.69) is 4.98 Å². The molecule has 0 radical (unpaired) electrons. The van der Waals surface area contributed by atoms with Crippen molar-refractivity contribution in [2.45, 2.75) is 39.0 Å². The average molecular weight is 407 g/mol. The van der Waals surface area contributed by atoms with Gasteiger partial charge in [-0.2, -0.15) is 4.31 Å². The molecule has 8 heteroatoms. The fraction of sp³-hybridized carbons (Fsp3) is 0.400. The Morgan fingerprint density at radius 2 is 1.75 bits per heavy atom. The molecule has 28 heavy (non-hydrogen) atoms. The fourth-order valence-corrected chi connectivity index (χ4v) is 4.60. The first-order chi connectivity index (χ1) is 13.2. The molecule has 0 aliphatic carbocycles. The molecule has 7 nitrogen and oxygen atoms in total. The van der Waals surface area contributed by atoms with Crippen molar-refractivity contribution in [1.82, 2.24) is 9.29 Å². The van der Waals surface area contributed by atoms with Gasteiger partial charge in [-0.1, -0.05) is 25.1 Å². The first-order valence-electron chi connectivity index (χ1n) is 9.18. The van der Waals surface area contributed by atoms with E-state index < -0.39 is 16.0 Å². The summed E-state index contributed by atoms with van der Waals surface area (Å²) in [4.78, 5) is 28.1. The molecule has 0 bridgehead atoms. The van der Waals surface area contributed by atoms with Crippen LogP contribution in [0, 0.1) is 13.8 Å². The minimum absolute atomic E-state index is 0.144. The number of aryl methyl sites for hydroxylation is 1. The van der Waals surface area contributed by atoms with Crippen LogP contribution in [-0.4, -0.2) is 49.2 Å². The third kappa shape index (κ3) is 4.51. The Bertz CT molecular complexity index is 948. The SMILES string of the molecule is CCCN(CC(=O)c1c(C)[nH]c(C(=O)OCC)c1C)S(=O)(=O)c1ccccc1. The minimum Gasteiger partial charge on any atom is -0.461 e. The van der Waals surface area contributed by atoms with Gasteiger partial charge in [-0.25, -0.2) is 13.2 Å². The molecule has 0 saturated carbocycles. The Labute approximate surface area is 165 Å². The molecule has 0 aliphatic heterocycles. The molecule has 0 spiro atoms. The van der Waals surface area contributed by atoms with Crippen LogP contribution >= 0.6 is 0 Å². The van der Waals surface area contributed by atoms with Gasteiger partial charge in [0.25, 0.3) is 0 Å². The van der Waals surface area contributed by atoms with E-state index in [1.165, 1.54) is 16.4 Å². The van der Waals surface area contributed by atoms with Crippen molar-refractivity contribution in [3.05, 3.63) is 52.8 Å². The van der Waals surface area contributed by atoms with E-state index in [1.807, 2.05) is 6.92 Å². The third-order valence-electron chi connectivity index (χ3n) is 4.37. The Morgan fingerprint density at radius 3 is 2.32 bits per heavy atom. The zero-order valence-electron chi connectivity index (χ0n) is 16.6. The quantitative estimate of drug-likeness (QED) is 0.510. The second-order valence-corrected chi connectivity index (χ2v) is 8.36. The molecule has 1 aromatic heterocycles. The van der Waals surface area contributed by atoms with Gasteiger partial charge in [0.2, 0.25) is 10.0 Å². The molecule has 1 aromatic carbocycles. The summed E-state index contributed by atoms with van der Waals surface area (Å²) in [5, 5.41) is 0. The first-order valence-corrected chi connectivity index (χ1v) is 10.6. The van der Waals surface area contributed by atoms with Crippen molar-refractivity contribution < 1.29 is 22.7 Å². The zero-order valence-corrected chi connectivity index (χ0v) is 17.4. The second-order valence-electron chi connectivity index (χ2n) is 6.42. The molecule has 0 atom stereocenters. The van der Waals surface area contributed by atoms with Gasteiger partial charge >= 0.3 is 5.97 Å². The Hall–Kier alpha value is -2.45. The number of benzene rings is 1. The highest BCUT2D eigenvalue weighted by atomic mass is 32.2. The molecule has 0 unspecified atom stereocenters. The zero-order chi connectivity index (χ0) is 20.9. The summed E-state index contributed by atoms with van der Waals surface area (Å²) in [5.74, 6) is -0.903. The van der Waals surface area contributed by atoms with Crippen molar-refractivity contribution in [2.24, 2.45) is 0 Å². The molecule has 0 aliphatic rings. The number of esters is 1. The Kier molecular flexibility index (Phi) is 7.15.